The van der Waals surface area contributed by atoms with E-state index in [1.807, 2.05) is 43.8 Å². The Balaban J connectivity index is 1.89. The molecule has 2 heterocycles. The van der Waals surface area contributed by atoms with Crippen molar-refractivity contribution in [3.8, 4) is 0 Å². The summed E-state index contributed by atoms with van der Waals surface area (Å²) < 4.78 is 0. The number of pyridine rings is 1. The summed E-state index contributed by atoms with van der Waals surface area (Å²) in [4.78, 5) is 15.4. The van der Waals surface area contributed by atoms with E-state index < -0.39 is 0 Å². The first-order valence-corrected chi connectivity index (χ1v) is 7.42. The zero-order valence-corrected chi connectivity index (χ0v) is 12.8. The first kappa shape index (κ1) is 15.4. The van der Waals surface area contributed by atoms with Crippen molar-refractivity contribution < 1.29 is 0 Å². The van der Waals surface area contributed by atoms with E-state index in [0.717, 1.165) is 49.7 Å². The van der Waals surface area contributed by atoms with E-state index in [9.17, 15) is 0 Å². The summed E-state index contributed by atoms with van der Waals surface area (Å²) in [5.41, 5.74) is 2.07. The average molecular weight is 285 g/mol. The maximum Gasteiger partial charge on any atom is 0.147 e. The van der Waals surface area contributed by atoms with Gasteiger partial charge in [-0.15, -0.1) is 0 Å². The van der Waals surface area contributed by atoms with E-state index in [1.54, 1.807) is 0 Å². The molecule has 21 heavy (non-hydrogen) atoms. The molecule has 5 heteroatoms. The lowest BCUT2D eigenvalue weighted by Gasteiger charge is -2.18. The van der Waals surface area contributed by atoms with Gasteiger partial charge in [-0.3, -0.25) is 9.97 Å². The van der Waals surface area contributed by atoms with Crippen LogP contribution in [0.15, 0.2) is 36.8 Å². The van der Waals surface area contributed by atoms with Crippen molar-refractivity contribution in [2.45, 2.75) is 26.3 Å². The highest BCUT2D eigenvalue weighted by Crippen LogP contribution is 2.08. The Hall–Kier alpha value is -2.01. The summed E-state index contributed by atoms with van der Waals surface area (Å²) in [6, 6.07) is 6.00. The molecule has 0 amide bonds. The summed E-state index contributed by atoms with van der Waals surface area (Å²) in [5.74, 6) is 0.904. The van der Waals surface area contributed by atoms with Crippen LogP contribution in [0.4, 0.5) is 5.82 Å². The number of likely N-dealkylation sites (N-methyl/N-ethyl adjacent to an activating group) is 1. The van der Waals surface area contributed by atoms with Crippen molar-refractivity contribution in [2.24, 2.45) is 0 Å². The van der Waals surface area contributed by atoms with E-state index in [0.29, 0.717) is 0 Å². The Morgan fingerprint density at radius 3 is 2.86 bits per heavy atom. The van der Waals surface area contributed by atoms with Crippen LogP contribution >= 0.6 is 0 Å². The van der Waals surface area contributed by atoms with Gasteiger partial charge in [0.2, 0.25) is 0 Å². The monoisotopic (exact) mass is 285 g/mol. The minimum Gasteiger partial charge on any atom is -0.358 e. The van der Waals surface area contributed by atoms with Crippen molar-refractivity contribution in [1.29, 1.82) is 0 Å². The largest absolute Gasteiger partial charge is 0.358 e. The van der Waals surface area contributed by atoms with Crippen LogP contribution in [0.1, 0.15) is 24.7 Å². The van der Waals surface area contributed by atoms with Gasteiger partial charge in [0.25, 0.3) is 0 Å². The van der Waals surface area contributed by atoms with Crippen LogP contribution in [0.25, 0.3) is 0 Å². The second kappa shape index (κ2) is 8.32. The number of rotatable bonds is 8. The van der Waals surface area contributed by atoms with Crippen LogP contribution in [0.3, 0.4) is 0 Å². The van der Waals surface area contributed by atoms with Gasteiger partial charge in [0.15, 0.2) is 0 Å². The maximum atomic E-state index is 4.64. The molecule has 0 spiro atoms. The van der Waals surface area contributed by atoms with Gasteiger partial charge in [0, 0.05) is 44.6 Å². The zero-order chi connectivity index (χ0) is 14.9. The van der Waals surface area contributed by atoms with Gasteiger partial charge < -0.3 is 10.2 Å². The number of nitrogens with one attached hydrogen (secondary N) is 1. The van der Waals surface area contributed by atoms with Crippen molar-refractivity contribution in [3.63, 3.8) is 0 Å². The predicted molar refractivity (Wildman–Crippen MR) is 85.2 cm³/mol. The van der Waals surface area contributed by atoms with Crippen LogP contribution in [0.5, 0.6) is 0 Å². The molecular formula is C16H23N5. The molecule has 0 aliphatic rings. The first-order valence-electron chi connectivity index (χ1n) is 7.42. The number of hydrogen-bond donors (Lipinski definition) is 1. The molecule has 2 aromatic rings. The molecular weight excluding hydrogens is 262 g/mol. The molecule has 0 unspecified atom stereocenters. The maximum absolute atomic E-state index is 4.64. The van der Waals surface area contributed by atoms with Crippen LogP contribution in [0.2, 0.25) is 0 Å². The quantitative estimate of drug-likeness (QED) is 0.752. The predicted octanol–water partition coefficient (Wildman–Crippen LogP) is 2.05. The fourth-order valence-corrected chi connectivity index (χ4v) is 2.00. The third-order valence-electron chi connectivity index (χ3n) is 3.23. The third kappa shape index (κ3) is 5.11. The van der Waals surface area contributed by atoms with Gasteiger partial charge in [-0.25, -0.2) is 4.98 Å². The second-order valence-corrected chi connectivity index (χ2v) is 5.04. The van der Waals surface area contributed by atoms with E-state index in [-0.39, 0.29) is 0 Å². The summed E-state index contributed by atoms with van der Waals surface area (Å²) in [6.07, 6.45) is 7.48. The summed E-state index contributed by atoms with van der Waals surface area (Å²) in [6.45, 7) is 4.79. The molecule has 2 aromatic heterocycles. The van der Waals surface area contributed by atoms with E-state index >= 15 is 0 Å². The zero-order valence-electron chi connectivity index (χ0n) is 12.8. The Labute approximate surface area is 126 Å². The van der Waals surface area contributed by atoms with Crippen molar-refractivity contribution in [3.05, 3.63) is 48.2 Å². The molecule has 0 aliphatic carbocycles. The molecule has 0 saturated carbocycles. The number of hydrogen-bond acceptors (Lipinski definition) is 5. The molecule has 2 rings (SSSR count). The van der Waals surface area contributed by atoms with Crippen LogP contribution in [-0.2, 0) is 13.0 Å². The number of anilines is 1. The smallest absolute Gasteiger partial charge is 0.147 e. The standard InChI is InChI=1S/C16H23N5/c1-3-8-17-11-15-12-18-13-16(20-15)21(2)10-7-14-6-4-5-9-19-14/h4-6,9,12-13,17H,3,7-8,10-11H2,1-2H3. The van der Waals surface area contributed by atoms with Gasteiger partial charge in [0.05, 0.1) is 11.9 Å². The lowest BCUT2D eigenvalue weighted by atomic mass is 10.2. The Morgan fingerprint density at radius 2 is 2.10 bits per heavy atom. The molecule has 0 bridgehead atoms. The number of nitrogens with zero attached hydrogens (tertiary/aromatic N) is 4. The molecule has 0 radical (unpaired) electrons. The van der Waals surface area contributed by atoms with Crippen LogP contribution in [-0.4, -0.2) is 35.1 Å². The summed E-state index contributed by atoms with van der Waals surface area (Å²) in [7, 11) is 2.04. The SMILES string of the molecule is CCCNCc1cncc(N(C)CCc2ccccn2)n1. The average Bonchev–Trinajstić information content (AvgIpc) is 2.54. The van der Waals surface area contributed by atoms with Crippen LogP contribution < -0.4 is 10.2 Å². The third-order valence-corrected chi connectivity index (χ3v) is 3.23. The minimum atomic E-state index is 0.767. The van der Waals surface area contributed by atoms with Gasteiger partial charge in [-0.1, -0.05) is 13.0 Å². The van der Waals surface area contributed by atoms with Crippen molar-refractivity contribution >= 4 is 5.82 Å². The van der Waals surface area contributed by atoms with E-state index in [2.05, 4.69) is 32.1 Å². The molecule has 5 nitrogen and oxygen atoms in total. The topological polar surface area (TPSA) is 53.9 Å². The Morgan fingerprint density at radius 1 is 1.19 bits per heavy atom. The fraction of sp³-hybridized carbons (Fsp3) is 0.438. The Kier molecular flexibility index (Phi) is 6.09. The van der Waals surface area contributed by atoms with E-state index in [4.69, 9.17) is 0 Å². The molecule has 0 saturated heterocycles. The second-order valence-electron chi connectivity index (χ2n) is 5.04. The lowest BCUT2D eigenvalue weighted by molar-refractivity contribution is 0.660. The highest BCUT2D eigenvalue weighted by molar-refractivity contribution is 5.35. The normalized spacial score (nSPS) is 10.6. The molecule has 112 valence electrons. The van der Waals surface area contributed by atoms with Crippen molar-refractivity contribution in [2.75, 3.05) is 25.0 Å². The molecule has 1 N–H and O–H groups in total. The van der Waals surface area contributed by atoms with Crippen LogP contribution in [0, 0.1) is 0 Å². The lowest BCUT2D eigenvalue weighted by Crippen LogP contribution is -2.23. The van der Waals surface area contributed by atoms with Gasteiger partial charge in [0.1, 0.15) is 5.82 Å². The fourth-order valence-electron chi connectivity index (χ4n) is 2.00. The van der Waals surface area contributed by atoms with Crippen molar-refractivity contribution in [1.82, 2.24) is 20.3 Å². The molecule has 0 atom stereocenters. The molecule has 0 fully saturated rings. The summed E-state index contributed by atoms with van der Waals surface area (Å²) >= 11 is 0. The van der Waals surface area contributed by atoms with Gasteiger partial charge >= 0.3 is 0 Å². The van der Waals surface area contributed by atoms with E-state index in [1.165, 1.54) is 0 Å². The highest BCUT2D eigenvalue weighted by Gasteiger charge is 2.05. The highest BCUT2D eigenvalue weighted by atomic mass is 15.2. The van der Waals surface area contributed by atoms with Gasteiger partial charge in [-0.05, 0) is 25.1 Å². The molecule has 0 aliphatic heterocycles. The number of aromatic nitrogens is 3. The Bertz CT molecular complexity index is 529. The first-order chi connectivity index (χ1) is 10.3. The van der Waals surface area contributed by atoms with Gasteiger partial charge in [-0.2, -0.15) is 0 Å². The molecule has 0 aromatic carbocycles. The summed E-state index contributed by atoms with van der Waals surface area (Å²) in [5, 5.41) is 3.34. The minimum absolute atomic E-state index is 0.767.